The average molecular weight is 287 g/mol. The number of anilines is 1. The topological polar surface area (TPSA) is 125 Å². The molecule has 0 aliphatic heterocycles. The van der Waals surface area contributed by atoms with Gasteiger partial charge >= 0.3 is 0 Å². The maximum Gasteiger partial charge on any atom is 0.250 e. The first-order valence-electron chi connectivity index (χ1n) is 5.55. The number of carbonyl (C=O) groups is 1. The number of ether oxygens (including phenoxy) is 1. The summed E-state index contributed by atoms with van der Waals surface area (Å²) in [6, 6.07) is 4.46. The van der Waals surface area contributed by atoms with Gasteiger partial charge < -0.3 is 15.8 Å². The molecule has 0 unspecified atom stereocenters. The molecule has 0 aliphatic rings. The molecule has 7 nitrogen and oxygen atoms in total. The standard InChI is InChI=1S/C11H17N3O4S/c1-8-2-3-9(6-10(8)19(13,16)17)14-11(15)7-18-5-4-12/h2-3,6H,4-5,7,12H2,1H3,(H,14,15)(H2,13,16,17). The summed E-state index contributed by atoms with van der Waals surface area (Å²) in [5.41, 5.74) is 6.07. The molecule has 0 aromatic heterocycles. The van der Waals surface area contributed by atoms with Crippen molar-refractivity contribution in [3.05, 3.63) is 23.8 Å². The Morgan fingerprint density at radius 1 is 1.42 bits per heavy atom. The van der Waals surface area contributed by atoms with Crippen molar-refractivity contribution >= 4 is 21.6 Å². The van der Waals surface area contributed by atoms with Gasteiger partial charge in [-0.25, -0.2) is 13.6 Å². The Hall–Kier alpha value is -1.48. The van der Waals surface area contributed by atoms with Gasteiger partial charge in [0.1, 0.15) is 6.61 Å². The molecule has 0 saturated carbocycles. The van der Waals surface area contributed by atoms with Gasteiger partial charge in [-0.15, -0.1) is 0 Å². The molecule has 1 aromatic carbocycles. The van der Waals surface area contributed by atoms with E-state index in [0.29, 0.717) is 17.8 Å². The summed E-state index contributed by atoms with van der Waals surface area (Å²) in [5.74, 6) is -0.391. The number of rotatable bonds is 6. The monoisotopic (exact) mass is 287 g/mol. The van der Waals surface area contributed by atoms with E-state index in [4.69, 9.17) is 15.6 Å². The van der Waals surface area contributed by atoms with Crippen LogP contribution >= 0.6 is 0 Å². The Balaban J connectivity index is 2.78. The Labute approximate surface area is 112 Å². The van der Waals surface area contributed by atoms with Crippen LogP contribution in [0.1, 0.15) is 5.56 Å². The summed E-state index contributed by atoms with van der Waals surface area (Å²) in [5, 5.41) is 7.59. The number of sulfonamides is 1. The third kappa shape index (κ3) is 4.95. The summed E-state index contributed by atoms with van der Waals surface area (Å²) in [4.78, 5) is 11.5. The van der Waals surface area contributed by atoms with Crippen LogP contribution in [0.4, 0.5) is 5.69 Å². The van der Waals surface area contributed by atoms with Gasteiger partial charge in [0.15, 0.2) is 0 Å². The Bertz CT molecular complexity index is 557. The molecule has 0 radical (unpaired) electrons. The number of benzene rings is 1. The lowest BCUT2D eigenvalue weighted by atomic mass is 10.2. The highest BCUT2D eigenvalue weighted by atomic mass is 32.2. The first kappa shape index (κ1) is 15.6. The number of nitrogens with two attached hydrogens (primary N) is 2. The van der Waals surface area contributed by atoms with E-state index in [1.54, 1.807) is 19.1 Å². The SMILES string of the molecule is Cc1ccc(NC(=O)COCCN)cc1S(N)(=O)=O. The normalized spacial score (nSPS) is 11.3. The predicted molar refractivity (Wildman–Crippen MR) is 71.1 cm³/mol. The van der Waals surface area contributed by atoms with E-state index in [1.807, 2.05) is 0 Å². The van der Waals surface area contributed by atoms with E-state index < -0.39 is 15.9 Å². The zero-order valence-electron chi connectivity index (χ0n) is 10.5. The molecule has 0 spiro atoms. The fourth-order valence-electron chi connectivity index (χ4n) is 1.43. The fraction of sp³-hybridized carbons (Fsp3) is 0.364. The van der Waals surface area contributed by atoms with Gasteiger partial charge in [-0.1, -0.05) is 6.07 Å². The molecule has 0 heterocycles. The second-order valence-corrected chi connectivity index (χ2v) is 5.44. The van der Waals surface area contributed by atoms with E-state index >= 15 is 0 Å². The van der Waals surface area contributed by atoms with Crippen LogP contribution in [0.3, 0.4) is 0 Å². The number of primary sulfonamides is 1. The molecular formula is C11H17N3O4S. The van der Waals surface area contributed by atoms with Gasteiger partial charge in [0.05, 0.1) is 11.5 Å². The maximum atomic E-state index is 11.5. The second kappa shape index (κ2) is 6.62. The van der Waals surface area contributed by atoms with Crippen LogP contribution in [-0.2, 0) is 19.6 Å². The molecule has 106 valence electrons. The van der Waals surface area contributed by atoms with Crippen molar-refractivity contribution in [1.29, 1.82) is 0 Å². The molecule has 1 rings (SSSR count). The molecule has 8 heteroatoms. The minimum absolute atomic E-state index is 0.0202. The molecule has 0 fully saturated rings. The predicted octanol–water partition coefficient (Wildman–Crippen LogP) is -0.444. The van der Waals surface area contributed by atoms with Crippen LogP contribution in [-0.4, -0.2) is 34.1 Å². The fourth-order valence-corrected chi connectivity index (χ4v) is 2.24. The van der Waals surface area contributed by atoms with Crippen LogP contribution in [0, 0.1) is 6.92 Å². The van der Waals surface area contributed by atoms with E-state index in [-0.39, 0.29) is 18.1 Å². The molecule has 19 heavy (non-hydrogen) atoms. The van der Waals surface area contributed by atoms with E-state index in [1.165, 1.54) is 6.07 Å². The molecule has 5 N–H and O–H groups in total. The van der Waals surface area contributed by atoms with Gasteiger partial charge in [0.25, 0.3) is 0 Å². The summed E-state index contributed by atoms with van der Waals surface area (Å²) >= 11 is 0. The van der Waals surface area contributed by atoms with Crippen molar-refractivity contribution in [1.82, 2.24) is 0 Å². The number of aryl methyl sites for hydroxylation is 1. The Morgan fingerprint density at radius 3 is 2.68 bits per heavy atom. The Kier molecular flexibility index (Phi) is 5.43. The van der Waals surface area contributed by atoms with Crippen molar-refractivity contribution in [2.24, 2.45) is 10.9 Å². The molecule has 0 bridgehead atoms. The molecule has 0 saturated heterocycles. The highest BCUT2D eigenvalue weighted by Crippen LogP contribution is 2.18. The van der Waals surface area contributed by atoms with Gasteiger partial charge in [0, 0.05) is 12.2 Å². The minimum atomic E-state index is -3.81. The summed E-state index contributed by atoms with van der Waals surface area (Å²) in [6.45, 7) is 2.09. The second-order valence-electron chi connectivity index (χ2n) is 3.91. The van der Waals surface area contributed by atoms with Crippen molar-refractivity contribution in [3.63, 3.8) is 0 Å². The van der Waals surface area contributed by atoms with Gasteiger partial charge in [-0.05, 0) is 24.6 Å². The van der Waals surface area contributed by atoms with Crippen LogP contribution < -0.4 is 16.2 Å². The van der Waals surface area contributed by atoms with Crippen LogP contribution in [0.2, 0.25) is 0 Å². The van der Waals surface area contributed by atoms with Crippen molar-refractivity contribution in [3.8, 4) is 0 Å². The van der Waals surface area contributed by atoms with Crippen LogP contribution in [0.25, 0.3) is 0 Å². The third-order valence-corrected chi connectivity index (χ3v) is 3.33. The minimum Gasteiger partial charge on any atom is -0.370 e. The zero-order valence-corrected chi connectivity index (χ0v) is 11.4. The largest absolute Gasteiger partial charge is 0.370 e. The molecule has 1 aromatic rings. The Morgan fingerprint density at radius 2 is 2.11 bits per heavy atom. The van der Waals surface area contributed by atoms with Crippen molar-refractivity contribution in [2.45, 2.75) is 11.8 Å². The first-order chi connectivity index (χ1) is 8.84. The number of nitrogens with one attached hydrogen (secondary N) is 1. The lowest BCUT2D eigenvalue weighted by Gasteiger charge is -2.09. The maximum absolute atomic E-state index is 11.5. The summed E-state index contributed by atoms with van der Waals surface area (Å²) in [6.07, 6.45) is 0. The summed E-state index contributed by atoms with van der Waals surface area (Å²) in [7, 11) is -3.81. The van der Waals surface area contributed by atoms with Gasteiger partial charge in [-0.2, -0.15) is 0 Å². The third-order valence-electron chi connectivity index (χ3n) is 2.27. The zero-order chi connectivity index (χ0) is 14.5. The number of hydrogen-bond acceptors (Lipinski definition) is 5. The van der Waals surface area contributed by atoms with Crippen molar-refractivity contribution < 1.29 is 17.9 Å². The molecule has 0 atom stereocenters. The molecule has 0 aliphatic carbocycles. The number of carbonyl (C=O) groups excluding carboxylic acids is 1. The summed E-state index contributed by atoms with van der Waals surface area (Å²) < 4.78 is 27.6. The lowest BCUT2D eigenvalue weighted by Crippen LogP contribution is -2.21. The number of amides is 1. The van der Waals surface area contributed by atoms with E-state index in [0.717, 1.165) is 0 Å². The average Bonchev–Trinajstić information content (AvgIpc) is 2.30. The van der Waals surface area contributed by atoms with Crippen LogP contribution in [0.15, 0.2) is 23.1 Å². The van der Waals surface area contributed by atoms with Gasteiger partial charge in [0.2, 0.25) is 15.9 Å². The highest BCUT2D eigenvalue weighted by Gasteiger charge is 2.13. The van der Waals surface area contributed by atoms with Crippen molar-refractivity contribution in [2.75, 3.05) is 25.1 Å². The van der Waals surface area contributed by atoms with Crippen LogP contribution in [0.5, 0.6) is 0 Å². The molecular weight excluding hydrogens is 270 g/mol. The van der Waals surface area contributed by atoms with E-state index in [9.17, 15) is 13.2 Å². The quantitative estimate of drug-likeness (QED) is 0.611. The smallest absolute Gasteiger partial charge is 0.250 e. The first-order valence-corrected chi connectivity index (χ1v) is 7.10. The number of hydrogen-bond donors (Lipinski definition) is 3. The van der Waals surface area contributed by atoms with E-state index in [2.05, 4.69) is 5.32 Å². The highest BCUT2D eigenvalue weighted by molar-refractivity contribution is 7.89. The molecule has 1 amide bonds. The van der Waals surface area contributed by atoms with Gasteiger partial charge in [-0.3, -0.25) is 4.79 Å². The lowest BCUT2D eigenvalue weighted by molar-refractivity contribution is -0.120.